The molecule has 0 aromatic carbocycles. The molecule has 1 rings (SSSR count). The normalized spacial score (nSPS) is 25.8. The zero-order valence-electron chi connectivity index (χ0n) is 8.76. The Morgan fingerprint density at radius 3 is 2.69 bits per heavy atom. The van der Waals surface area contributed by atoms with Crippen LogP contribution in [-0.2, 0) is 4.79 Å². The maximum absolute atomic E-state index is 11.5. The number of hydrogen-bond donors (Lipinski definition) is 2. The average molecular weight is 184 g/mol. The van der Waals surface area contributed by atoms with Crippen molar-refractivity contribution in [2.24, 2.45) is 11.8 Å². The van der Waals surface area contributed by atoms with Crippen molar-refractivity contribution in [1.29, 1.82) is 0 Å². The molecule has 1 fully saturated rings. The lowest BCUT2D eigenvalue weighted by Crippen LogP contribution is -2.49. The minimum absolute atomic E-state index is 0.166. The maximum Gasteiger partial charge on any atom is 0.224 e. The molecule has 1 aliphatic rings. The number of hydrogen-bond acceptors (Lipinski definition) is 2. The molecule has 3 heteroatoms. The van der Waals surface area contributed by atoms with Crippen LogP contribution >= 0.6 is 0 Å². The molecule has 0 saturated carbocycles. The largest absolute Gasteiger partial charge is 0.356 e. The lowest BCUT2D eigenvalue weighted by atomic mass is 9.85. The van der Waals surface area contributed by atoms with E-state index in [4.69, 9.17) is 0 Å². The highest BCUT2D eigenvalue weighted by Gasteiger charge is 2.30. The summed E-state index contributed by atoms with van der Waals surface area (Å²) in [6.07, 6.45) is 2.14. The SMILES string of the molecule is CNC(C(C)C)C1CCCNC1=O. The lowest BCUT2D eigenvalue weighted by molar-refractivity contribution is -0.128. The Hall–Kier alpha value is -0.570. The van der Waals surface area contributed by atoms with Gasteiger partial charge < -0.3 is 10.6 Å². The molecule has 76 valence electrons. The summed E-state index contributed by atoms with van der Waals surface area (Å²) >= 11 is 0. The first-order valence-electron chi connectivity index (χ1n) is 5.11. The first-order valence-corrected chi connectivity index (χ1v) is 5.11. The van der Waals surface area contributed by atoms with Crippen molar-refractivity contribution in [1.82, 2.24) is 10.6 Å². The maximum atomic E-state index is 11.5. The van der Waals surface area contributed by atoms with Gasteiger partial charge in [-0.05, 0) is 25.8 Å². The molecule has 0 radical (unpaired) electrons. The van der Waals surface area contributed by atoms with Gasteiger partial charge in [0.05, 0.1) is 5.92 Å². The molecule has 1 amide bonds. The average Bonchev–Trinajstić information content (AvgIpc) is 2.09. The Balaban J connectivity index is 2.60. The van der Waals surface area contributed by atoms with Gasteiger partial charge in [-0.3, -0.25) is 4.79 Å². The van der Waals surface area contributed by atoms with Crippen LogP contribution in [-0.4, -0.2) is 25.5 Å². The molecule has 0 aromatic rings. The van der Waals surface area contributed by atoms with Gasteiger partial charge in [-0.25, -0.2) is 0 Å². The molecule has 0 spiro atoms. The number of amides is 1. The Morgan fingerprint density at radius 1 is 1.54 bits per heavy atom. The number of piperidine rings is 1. The van der Waals surface area contributed by atoms with E-state index in [-0.39, 0.29) is 11.8 Å². The van der Waals surface area contributed by atoms with Crippen LogP contribution in [0.5, 0.6) is 0 Å². The first kappa shape index (κ1) is 10.5. The van der Waals surface area contributed by atoms with Crippen molar-refractivity contribution in [2.75, 3.05) is 13.6 Å². The summed E-state index contributed by atoms with van der Waals surface area (Å²) in [5.41, 5.74) is 0. The monoisotopic (exact) mass is 184 g/mol. The third kappa shape index (κ3) is 2.44. The van der Waals surface area contributed by atoms with E-state index in [0.29, 0.717) is 12.0 Å². The van der Waals surface area contributed by atoms with Gasteiger partial charge in [0, 0.05) is 12.6 Å². The quantitative estimate of drug-likeness (QED) is 0.680. The van der Waals surface area contributed by atoms with E-state index >= 15 is 0 Å². The predicted molar refractivity (Wildman–Crippen MR) is 53.4 cm³/mol. The van der Waals surface area contributed by atoms with Crippen LogP contribution in [0.15, 0.2) is 0 Å². The third-order valence-electron chi connectivity index (χ3n) is 2.81. The molecule has 13 heavy (non-hydrogen) atoms. The highest BCUT2D eigenvalue weighted by Crippen LogP contribution is 2.20. The first-order chi connectivity index (χ1) is 6.16. The fourth-order valence-electron chi connectivity index (χ4n) is 2.14. The predicted octanol–water partition coefficient (Wildman–Crippen LogP) is 0.757. The fourth-order valence-corrected chi connectivity index (χ4v) is 2.14. The van der Waals surface area contributed by atoms with E-state index in [1.807, 2.05) is 7.05 Å². The number of carbonyl (C=O) groups is 1. The molecule has 2 N–H and O–H groups in total. The molecular formula is C10H20N2O. The Labute approximate surface area is 80.3 Å². The van der Waals surface area contributed by atoms with Crippen LogP contribution < -0.4 is 10.6 Å². The van der Waals surface area contributed by atoms with Crippen molar-refractivity contribution in [2.45, 2.75) is 32.7 Å². The van der Waals surface area contributed by atoms with E-state index in [1.54, 1.807) is 0 Å². The van der Waals surface area contributed by atoms with Crippen LogP contribution in [0.1, 0.15) is 26.7 Å². The van der Waals surface area contributed by atoms with E-state index in [9.17, 15) is 4.79 Å². The summed E-state index contributed by atoms with van der Waals surface area (Å²) in [6.45, 7) is 5.16. The van der Waals surface area contributed by atoms with Gasteiger partial charge >= 0.3 is 0 Å². The topological polar surface area (TPSA) is 41.1 Å². The standard InChI is InChI=1S/C10H20N2O/c1-7(2)9(11-3)8-5-4-6-12-10(8)13/h7-9,11H,4-6H2,1-3H3,(H,12,13). The molecule has 0 bridgehead atoms. The number of rotatable bonds is 3. The molecule has 1 aliphatic heterocycles. The zero-order chi connectivity index (χ0) is 9.84. The fraction of sp³-hybridized carbons (Fsp3) is 0.900. The van der Waals surface area contributed by atoms with Gasteiger partial charge in [0.15, 0.2) is 0 Å². The molecule has 2 unspecified atom stereocenters. The summed E-state index contributed by atoms with van der Waals surface area (Å²) in [6, 6.07) is 0.320. The minimum Gasteiger partial charge on any atom is -0.356 e. The van der Waals surface area contributed by atoms with E-state index in [0.717, 1.165) is 19.4 Å². The number of carbonyl (C=O) groups excluding carboxylic acids is 1. The molecule has 2 atom stereocenters. The molecule has 0 aromatic heterocycles. The van der Waals surface area contributed by atoms with Crippen LogP contribution in [0.2, 0.25) is 0 Å². The molecule has 3 nitrogen and oxygen atoms in total. The van der Waals surface area contributed by atoms with E-state index in [1.165, 1.54) is 0 Å². The number of nitrogens with one attached hydrogen (secondary N) is 2. The van der Waals surface area contributed by atoms with Gasteiger partial charge in [0.1, 0.15) is 0 Å². The third-order valence-corrected chi connectivity index (χ3v) is 2.81. The Kier molecular flexibility index (Phi) is 3.72. The smallest absolute Gasteiger partial charge is 0.224 e. The van der Waals surface area contributed by atoms with Crippen molar-refractivity contribution < 1.29 is 4.79 Å². The van der Waals surface area contributed by atoms with Crippen LogP contribution in [0, 0.1) is 11.8 Å². The minimum atomic E-state index is 0.166. The molecule has 0 aliphatic carbocycles. The second kappa shape index (κ2) is 4.61. The van der Waals surface area contributed by atoms with Crippen LogP contribution in [0.4, 0.5) is 0 Å². The van der Waals surface area contributed by atoms with E-state index in [2.05, 4.69) is 24.5 Å². The summed E-state index contributed by atoms with van der Waals surface area (Å²) in [5.74, 6) is 0.900. The van der Waals surface area contributed by atoms with Crippen molar-refractivity contribution >= 4 is 5.91 Å². The second-order valence-corrected chi connectivity index (χ2v) is 4.10. The highest BCUT2D eigenvalue weighted by atomic mass is 16.2. The molecule has 1 heterocycles. The van der Waals surface area contributed by atoms with Crippen LogP contribution in [0.3, 0.4) is 0 Å². The lowest BCUT2D eigenvalue weighted by Gasteiger charge is -2.31. The van der Waals surface area contributed by atoms with E-state index < -0.39 is 0 Å². The van der Waals surface area contributed by atoms with Gasteiger partial charge in [-0.2, -0.15) is 0 Å². The van der Waals surface area contributed by atoms with Gasteiger partial charge in [0.25, 0.3) is 0 Å². The van der Waals surface area contributed by atoms with Crippen molar-refractivity contribution in [3.8, 4) is 0 Å². The van der Waals surface area contributed by atoms with Gasteiger partial charge in [-0.1, -0.05) is 13.8 Å². The second-order valence-electron chi connectivity index (χ2n) is 4.10. The molecular weight excluding hydrogens is 164 g/mol. The van der Waals surface area contributed by atoms with Gasteiger partial charge in [0.2, 0.25) is 5.91 Å². The molecule has 1 saturated heterocycles. The summed E-state index contributed by atoms with van der Waals surface area (Å²) in [4.78, 5) is 11.5. The Bertz CT molecular complexity index is 180. The Morgan fingerprint density at radius 2 is 2.23 bits per heavy atom. The van der Waals surface area contributed by atoms with Gasteiger partial charge in [-0.15, -0.1) is 0 Å². The van der Waals surface area contributed by atoms with Crippen LogP contribution in [0.25, 0.3) is 0 Å². The summed E-state index contributed by atoms with van der Waals surface area (Å²) < 4.78 is 0. The van der Waals surface area contributed by atoms with Crippen molar-refractivity contribution in [3.05, 3.63) is 0 Å². The summed E-state index contributed by atoms with van der Waals surface area (Å²) in [5, 5.41) is 6.16. The zero-order valence-corrected chi connectivity index (χ0v) is 8.76. The highest BCUT2D eigenvalue weighted by molar-refractivity contribution is 5.80. The summed E-state index contributed by atoms with van der Waals surface area (Å²) in [7, 11) is 1.94. The van der Waals surface area contributed by atoms with Crippen molar-refractivity contribution in [3.63, 3.8) is 0 Å².